The van der Waals surface area contributed by atoms with Crippen molar-refractivity contribution >= 4 is 11.8 Å². The van der Waals surface area contributed by atoms with Gasteiger partial charge < -0.3 is 14.6 Å². The van der Waals surface area contributed by atoms with E-state index in [1.165, 1.54) is 38.5 Å². The molecule has 34 heavy (non-hydrogen) atoms. The highest BCUT2D eigenvalue weighted by molar-refractivity contribution is 5.90. The van der Waals surface area contributed by atoms with E-state index in [1.54, 1.807) is 0 Å². The lowest BCUT2D eigenvalue weighted by atomic mass is 9.49. The molecule has 1 aromatic rings. The molecule has 1 aromatic carbocycles. The van der Waals surface area contributed by atoms with E-state index in [0.717, 1.165) is 43.0 Å². The number of piperidine rings is 1. The second-order valence-corrected chi connectivity index (χ2v) is 11.9. The monoisotopic (exact) mass is 465 g/mol. The molecule has 182 valence electrons. The summed E-state index contributed by atoms with van der Waals surface area (Å²) in [6.07, 6.45) is 10.4. The van der Waals surface area contributed by atoms with Crippen LogP contribution in [-0.4, -0.2) is 52.6 Å². The zero-order chi connectivity index (χ0) is 23.1. The third kappa shape index (κ3) is 2.94. The van der Waals surface area contributed by atoms with Crippen molar-refractivity contribution in [3.63, 3.8) is 0 Å². The van der Waals surface area contributed by atoms with Gasteiger partial charge in [0.2, 0.25) is 0 Å². The molecule has 6 aliphatic rings. The molecule has 2 bridgehead atoms. The fourth-order valence-corrected chi connectivity index (χ4v) is 8.13. The smallest absolute Gasteiger partial charge is 0.311 e. The summed E-state index contributed by atoms with van der Waals surface area (Å²) in [6, 6.07) is 3.92. The Morgan fingerprint density at radius 2 is 1.97 bits per heavy atom. The van der Waals surface area contributed by atoms with Crippen LogP contribution in [0, 0.1) is 11.8 Å². The molecule has 6 heteroatoms. The second-order valence-electron chi connectivity index (χ2n) is 11.9. The van der Waals surface area contributed by atoms with Gasteiger partial charge in [-0.1, -0.05) is 31.7 Å². The number of likely N-dealkylation sites (tertiary alicyclic amines) is 1. The van der Waals surface area contributed by atoms with Crippen LogP contribution in [0.5, 0.6) is 11.5 Å². The molecule has 0 aromatic heterocycles. The van der Waals surface area contributed by atoms with Gasteiger partial charge in [-0.15, -0.1) is 0 Å². The average molecular weight is 466 g/mol. The Kier molecular flexibility index (Phi) is 4.74. The largest absolute Gasteiger partial charge is 0.477 e. The van der Waals surface area contributed by atoms with Gasteiger partial charge in [0.25, 0.3) is 0 Å². The highest BCUT2D eigenvalue weighted by Crippen LogP contribution is 2.65. The van der Waals surface area contributed by atoms with Crippen molar-refractivity contribution in [3.05, 3.63) is 23.3 Å². The Labute approximate surface area is 201 Å². The normalized spacial score (nSPS) is 36.3. The first-order valence-electron chi connectivity index (χ1n) is 13.5. The Morgan fingerprint density at radius 1 is 1.15 bits per heavy atom. The maximum Gasteiger partial charge on any atom is 0.311 e. The lowest BCUT2D eigenvalue weighted by Crippen LogP contribution is -2.76. The minimum absolute atomic E-state index is 0.0133. The van der Waals surface area contributed by atoms with Crippen LogP contribution in [0.3, 0.4) is 0 Å². The number of ketones is 1. The van der Waals surface area contributed by atoms with Crippen LogP contribution < -0.4 is 9.47 Å². The summed E-state index contributed by atoms with van der Waals surface area (Å²) in [7, 11) is 0. The number of nitrogens with zero attached hydrogens (tertiary/aromatic N) is 1. The Hall–Kier alpha value is -1.92. The highest BCUT2D eigenvalue weighted by Gasteiger charge is 2.73. The SMILES string of the molecule is O=C(CCC1CCCC1)Oc1ccc2c3c1O[C@H]1C(=O)CC[C@@]4(O)C(C2)N(CC2CC2)CC[C@]314. The first-order valence-corrected chi connectivity index (χ1v) is 13.5. The van der Waals surface area contributed by atoms with E-state index < -0.39 is 17.1 Å². The van der Waals surface area contributed by atoms with Gasteiger partial charge in [0.1, 0.15) is 0 Å². The van der Waals surface area contributed by atoms with E-state index >= 15 is 0 Å². The maximum absolute atomic E-state index is 13.2. The Balaban J connectivity index is 1.23. The lowest BCUT2D eigenvalue weighted by Gasteiger charge is -2.62. The predicted octanol–water partition coefficient (Wildman–Crippen LogP) is 3.70. The van der Waals surface area contributed by atoms with E-state index in [4.69, 9.17) is 9.47 Å². The average Bonchev–Trinajstić information content (AvgIpc) is 3.33. The maximum atomic E-state index is 13.2. The molecule has 2 heterocycles. The number of benzene rings is 1. The molecule has 3 saturated carbocycles. The summed E-state index contributed by atoms with van der Waals surface area (Å²) in [4.78, 5) is 28.4. The Morgan fingerprint density at radius 3 is 2.76 bits per heavy atom. The van der Waals surface area contributed by atoms with Crippen molar-refractivity contribution in [2.75, 3.05) is 13.1 Å². The summed E-state index contributed by atoms with van der Waals surface area (Å²) >= 11 is 0. The fourth-order valence-electron chi connectivity index (χ4n) is 8.13. The van der Waals surface area contributed by atoms with Crippen molar-refractivity contribution in [2.45, 2.75) is 100 Å². The molecule has 4 atom stereocenters. The number of hydrogen-bond donors (Lipinski definition) is 1. The zero-order valence-electron chi connectivity index (χ0n) is 19.9. The summed E-state index contributed by atoms with van der Waals surface area (Å²) in [5, 5.41) is 12.3. The van der Waals surface area contributed by atoms with Crippen LogP contribution in [0.15, 0.2) is 12.1 Å². The van der Waals surface area contributed by atoms with Gasteiger partial charge in [-0.2, -0.15) is 0 Å². The van der Waals surface area contributed by atoms with Gasteiger partial charge in [-0.3, -0.25) is 14.5 Å². The summed E-state index contributed by atoms with van der Waals surface area (Å²) in [5.74, 6) is 2.19. The molecule has 1 saturated heterocycles. The molecule has 0 radical (unpaired) electrons. The number of Topliss-reactive ketones (excluding diaryl/α,β-unsaturated/α-hetero) is 1. The van der Waals surface area contributed by atoms with Crippen LogP contribution in [0.1, 0.15) is 81.8 Å². The molecule has 6 nitrogen and oxygen atoms in total. The molecule has 7 rings (SSSR count). The first-order chi connectivity index (χ1) is 16.5. The zero-order valence-corrected chi connectivity index (χ0v) is 19.9. The number of esters is 1. The van der Waals surface area contributed by atoms with Crippen LogP contribution in [-0.2, 0) is 21.4 Å². The topological polar surface area (TPSA) is 76.1 Å². The predicted molar refractivity (Wildman–Crippen MR) is 125 cm³/mol. The molecule has 1 unspecified atom stereocenters. The Bertz CT molecular complexity index is 1040. The van der Waals surface area contributed by atoms with Crippen molar-refractivity contribution in [1.29, 1.82) is 0 Å². The van der Waals surface area contributed by atoms with Gasteiger partial charge in [0, 0.05) is 31.0 Å². The number of carbonyl (C=O) groups is 2. The van der Waals surface area contributed by atoms with Gasteiger partial charge in [0.15, 0.2) is 23.4 Å². The van der Waals surface area contributed by atoms with Gasteiger partial charge in [-0.25, -0.2) is 0 Å². The molecular weight excluding hydrogens is 430 g/mol. The molecule has 2 aliphatic heterocycles. The lowest BCUT2D eigenvalue weighted by molar-refractivity contribution is -0.188. The fraction of sp³-hybridized carbons (Fsp3) is 0.714. The second kappa shape index (κ2) is 7.54. The van der Waals surface area contributed by atoms with Gasteiger partial charge in [0.05, 0.1) is 11.0 Å². The molecule has 1 N–H and O–H groups in total. The van der Waals surface area contributed by atoms with Crippen LogP contribution in [0.25, 0.3) is 0 Å². The number of rotatable bonds is 6. The van der Waals surface area contributed by atoms with Crippen LogP contribution >= 0.6 is 0 Å². The van der Waals surface area contributed by atoms with Gasteiger partial charge in [-0.05, 0) is 68.5 Å². The van der Waals surface area contributed by atoms with Crippen LogP contribution in [0.2, 0.25) is 0 Å². The number of aliphatic hydroxyl groups is 1. The summed E-state index contributed by atoms with van der Waals surface area (Å²) in [5.41, 5.74) is 0.397. The van der Waals surface area contributed by atoms with Crippen molar-refractivity contribution < 1.29 is 24.2 Å². The number of ether oxygens (including phenoxy) is 2. The minimum Gasteiger partial charge on any atom is -0.477 e. The van der Waals surface area contributed by atoms with Crippen LogP contribution in [0.4, 0.5) is 0 Å². The van der Waals surface area contributed by atoms with E-state index in [2.05, 4.69) is 11.0 Å². The molecule has 4 aliphatic carbocycles. The third-order valence-corrected chi connectivity index (χ3v) is 10.00. The van der Waals surface area contributed by atoms with E-state index in [-0.39, 0.29) is 17.8 Å². The molecular formula is C28H35NO5. The van der Waals surface area contributed by atoms with E-state index in [0.29, 0.717) is 43.1 Å². The summed E-state index contributed by atoms with van der Waals surface area (Å²) < 4.78 is 12.2. The molecule has 1 spiro atoms. The highest BCUT2D eigenvalue weighted by atomic mass is 16.6. The molecule has 4 fully saturated rings. The standard InChI is InChI=1S/C28H35NO5/c30-20-11-12-28(32)22-15-19-8-9-21(33-23(31)10-7-17-3-1-2-4-17)25-24(19)27(28,26(20)34-25)13-14-29(22)16-18-5-6-18/h8-9,17-18,22,26,32H,1-7,10-16H2/t22?,26-,27-,28+/m0/s1. The van der Waals surface area contributed by atoms with Crippen molar-refractivity contribution in [1.82, 2.24) is 4.90 Å². The van der Waals surface area contributed by atoms with Crippen molar-refractivity contribution in [2.24, 2.45) is 11.8 Å². The van der Waals surface area contributed by atoms with E-state index in [9.17, 15) is 14.7 Å². The van der Waals surface area contributed by atoms with Crippen molar-refractivity contribution in [3.8, 4) is 11.5 Å². The minimum atomic E-state index is -0.984. The number of hydrogen-bond acceptors (Lipinski definition) is 6. The van der Waals surface area contributed by atoms with E-state index in [1.807, 2.05) is 6.07 Å². The third-order valence-electron chi connectivity index (χ3n) is 10.00. The van der Waals surface area contributed by atoms with Gasteiger partial charge >= 0.3 is 5.97 Å². The first kappa shape index (κ1) is 21.4. The summed E-state index contributed by atoms with van der Waals surface area (Å²) in [6.45, 7) is 1.92. The quantitative estimate of drug-likeness (QED) is 0.510. The number of carbonyl (C=O) groups excluding carboxylic acids is 2. The molecule has 0 amide bonds.